The highest BCUT2D eigenvalue weighted by Crippen LogP contribution is 2.32. The van der Waals surface area contributed by atoms with Gasteiger partial charge in [0.2, 0.25) is 10.0 Å². The van der Waals surface area contributed by atoms with E-state index < -0.39 is 21.8 Å². The van der Waals surface area contributed by atoms with Crippen LogP contribution in [0.3, 0.4) is 0 Å². The van der Waals surface area contributed by atoms with E-state index in [2.05, 4.69) is 0 Å². The van der Waals surface area contributed by atoms with Crippen LogP contribution < -0.4 is 9.64 Å². The van der Waals surface area contributed by atoms with Crippen LogP contribution >= 0.6 is 0 Å². The van der Waals surface area contributed by atoms with Crippen molar-refractivity contribution >= 4 is 21.6 Å². The topological polar surface area (TPSA) is 70.2 Å². The first kappa shape index (κ1) is 25.3. The zero-order valence-electron chi connectivity index (χ0n) is 19.4. The van der Waals surface area contributed by atoms with Gasteiger partial charge in [0.25, 0.3) is 5.91 Å². The third-order valence-electron chi connectivity index (χ3n) is 6.37. The maximum atomic E-state index is 13.0. The number of aryl methyl sites for hydroxylation is 1. The summed E-state index contributed by atoms with van der Waals surface area (Å²) in [6, 6.07) is 9.79. The standard InChI is InChI=1S/C24H28F3N3O4S/c1-18-15-21(35(32,33)30-9-2-3-10-30)7-8-22(18)34-17-23(31)29-13-11-28(12-14-29)20-6-4-5-19(16-20)24(25,26)27/h4-8,15-16H,2-3,9-14,17H2,1H3. The number of hydrogen-bond donors (Lipinski definition) is 0. The number of rotatable bonds is 6. The van der Waals surface area contributed by atoms with Crippen molar-refractivity contribution in [3.63, 3.8) is 0 Å². The van der Waals surface area contributed by atoms with Crippen LogP contribution in [0.2, 0.25) is 0 Å². The molecule has 0 saturated carbocycles. The number of nitrogens with zero attached hydrogens (tertiary/aromatic N) is 3. The number of benzene rings is 2. The van der Waals surface area contributed by atoms with Gasteiger partial charge in [-0.2, -0.15) is 17.5 Å². The molecule has 0 N–H and O–H groups in total. The number of carbonyl (C=O) groups excluding carboxylic acids is 1. The van der Waals surface area contributed by atoms with E-state index in [0.29, 0.717) is 56.3 Å². The van der Waals surface area contributed by atoms with E-state index in [1.807, 2.05) is 4.90 Å². The van der Waals surface area contributed by atoms with Crippen LogP contribution in [-0.4, -0.2) is 69.4 Å². The Morgan fingerprint density at radius 3 is 2.29 bits per heavy atom. The number of ether oxygens (including phenoxy) is 1. The molecule has 2 aliphatic rings. The molecular weight excluding hydrogens is 483 g/mol. The Hall–Kier alpha value is -2.79. The molecule has 4 rings (SSSR count). The molecule has 11 heteroatoms. The van der Waals surface area contributed by atoms with Crippen LogP contribution in [0, 0.1) is 6.92 Å². The fraction of sp³-hybridized carbons (Fsp3) is 0.458. The van der Waals surface area contributed by atoms with Crippen LogP contribution in [0.25, 0.3) is 0 Å². The van der Waals surface area contributed by atoms with E-state index in [-0.39, 0.29) is 17.4 Å². The molecule has 2 saturated heterocycles. The smallest absolute Gasteiger partial charge is 0.416 e. The Bertz CT molecular complexity index is 1170. The normalized spacial score (nSPS) is 17.6. The van der Waals surface area contributed by atoms with E-state index in [0.717, 1.165) is 25.0 Å². The number of sulfonamides is 1. The molecule has 0 aromatic heterocycles. The second-order valence-electron chi connectivity index (χ2n) is 8.74. The summed E-state index contributed by atoms with van der Waals surface area (Å²) >= 11 is 0. The Morgan fingerprint density at radius 2 is 1.66 bits per heavy atom. The Morgan fingerprint density at radius 1 is 0.971 bits per heavy atom. The lowest BCUT2D eigenvalue weighted by molar-refractivity contribution is -0.137. The van der Waals surface area contributed by atoms with E-state index in [4.69, 9.17) is 4.74 Å². The maximum Gasteiger partial charge on any atom is 0.416 e. The number of carbonyl (C=O) groups is 1. The Balaban J connectivity index is 1.31. The van der Waals surface area contributed by atoms with Gasteiger partial charge in [0.15, 0.2) is 6.61 Å². The summed E-state index contributed by atoms with van der Waals surface area (Å²) < 4.78 is 71.6. The molecule has 1 amide bonds. The predicted molar refractivity (Wildman–Crippen MR) is 125 cm³/mol. The summed E-state index contributed by atoms with van der Waals surface area (Å²) in [6.07, 6.45) is -2.69. The van der Waals surface area contributed by atoms with Crippen molar-refractivity contribution < 1.29 is 31.1 Å². The second-order valence-corrected chi connectivity index (χ2v) is 10.7. The van der Waals surface area contributed by atoms with Gasteiger partial charge in [-0.05, 0) is 61.7 Å². The van der Waals surface area contributed by atoms with Crippen LogP contribution in [0.15, 0.2) is 47.4 Å². The zero-order valence-corrected chi connectivity index (χ0v) is 20.2. The predicted octanol–water partition coefficient (Wildman–Crippen LogP) is 3.53. The van der Waals surface area contributed by atoms with Gasteiger partial charge in [-0.1, -0.05) is 6.07 Å². The minimum Gasteiger partial charge on any atom is -0.483 e. The highest BCUT2D eigenvalue weighted by atomic mass is 32.2. The highest BCUT2D eigenvalue weighted by Gasteiger charge is 2.31. The van der Waals surface area contributed by atoms with Crippen molar-refractivity contribution in [1.29, 1.82) is 0 Å². The Labute approximate surface area is 203 Å². The lowest BCUT2D eigenvalue weighted by Gasteiger charge is -2.36. The number of piperazine rings is 1. The molecule has 0 radical (unpaired) electrons. The number of halogens is 3. The van der Waals surface area contributed by atoms with Crippen molar-refractivity contribution in [3.8, 4) is 5.75 Å². The highest BCUT2D eigenvalue weighted by molar-refractivity contribution is 7.89. The molecule has 2 aromatic rings. The third kappa shape index (κ3) is 5.72. The van der Waals surface area contributed by atoms with Crippen molar-refractivity contribution in [1.82, 2.24) is 9.21 Å². The lowest BCUT2D eigenvalue weighted by Crippen LogP contribution is -2.50. The first-order valence-corrected chi connectivity index (χ1v) is 12.9. The largest absolute Gasteiger partial charge is 0.483 e. The molecule has 0 atom stereocenters. The van der Waals surface area contributed by atoms with Gasteiger partial charge < -0.3 is 14.5 Å². The average molecular weight is 512 g/mol. The summed E-state index contributed by atoms with van der Waals surface area (Å²) in [7, 11) is -3.53. The minimum absolute atomic E-state index is 0.206. The van der Waals surface area contributed by atoms with Crippen molar-refractivity contribution in [2.24, 2.45) is 0 Å². The first-order valence-electron chi connectivity index (χ1n) is 11.5. The minimum atomic E-state index is -4.40. The quantitative estimate of drug-likeness (QED) is 0.594. The van der Waals surface area contributed by atoms with Crippen LogP contribution in [0.4, 0.5) is 18.9 Å². The molecule has 2 aliphatic heterocycles. The van der Waals surface area contributed by atoms with Gasteiger partial charge in [-0.3, -0.25) is 4.79 Å². The summed E-state index contributed by atoms with van der Waals surface area (Å²) in [4.78, 5) is 16.3. The molecule has 2 heterocycles. The summed E-state index contributed by atoms with van der Waals surface area (Å²) in [5, 5.41) is 0. The van der Waals surface area contributed by atoms with Crippen LogP contribution in [-0.2, 0) is 21.0 Å². The van der Waals surface area contributed by atoms with Gasteiger partial charge in [-0.15, -0.1) is 0 Å². The van der Waals surface area contributed by atoms with E-state index in [1.165, 1.54) is 16.4 Å². The molecule has 190 valence electrons. The fourth-order valence-electron chi connectivity index (χ4n) is 4.35. The van der Waals surface area contributed by atoms with Crippen molar-refractivity contribution in [2.45, 2.75) is 30.8 Å². The Kier molecular flexibility index (Phi) is 7.27. The molecule has 0 unspecified atom stereocenters. The van der Waals surface area contributed by atoms with Crippen molar-refractivity contribution in [2.75, 3.05) is 50.8 Å². The molecule has 0 bridgehead atoms. The van der Waals surface area contributed by atoms with Gasteiger partial charge in [0.1, 0.15) is 5.75 Å². The molecule has 0 aliphatic carbocycles. The molecule has 7 nitrogen and oxygen atoms in total. The van der Waals surface area contributed by atoms with E-state index in [9.17, 15) is 26.4 Å². The summed E-state index contributed by atoms with van der Waals surface area (Å²) in [5.74, 6) is 0.197. The number of anilines is 1. The van der Waals surface area contributed by atoms with E-state index >= 15 is 0 Å². The molecule has 35 heavy (non-hydrogen) atoms. The molecule has 0 spiro atoms. The van der Waals surface area contributed by atoms with Gasteiger partial charge in [0.05, 0.1) is 10.5 Å². The van der Waals surface area contributed by atoms with Crippen molar-refractivity contribution in [3.05, 3.63) is 53.6 Å². The number of alkyl halides is 3. The number of amides is 1. The molecule has 2 aromatic carbocycles. The van der Waals surface area contributed by atoms with Crippen LogP contribution in [0.1, 0.15) is 24.0 Å². The van der Waals surface area contributed by atoms with Gasteiger partial charge >= 0.3 is 6.18 Å². The zero-order chi connectivity index (χ0) is 25.2. The first-order chi connectivity index (χ1) is 16.6. The number of hydrogen-bond acceptors (Lipinski definition) is 5. The van der Waals surface area contributed by atoms with E-state index in [1.54, 1.807) is 30.0 Å². The lowest BCUT2D eigenvalue weighted by atomic mass is 10.1. The third-order valence-corrected chi connectivity index (χ3v) is 8.27. The maximum absolute atomic E-state index is 13.0. The fourth-order valence-corrected chi connectivity index (χ4v) is 5.95. The SMILES string of the molecule is Cc1cc(S(=O)(=O)N2CCCC2)ccc1OCC(=O)N1CCN(c2cccc(C(F)(F)F)c2)CC1. The molecule has 2 fully saturated rings. The summed E-state index contributed by atoms with van der Waals surface area (Å²) in [5.41, 5.74) is 0.395. The van der Waals surface area contributed by atoms with Crippen LogP contribution in [0.5, 0.6) is 5.75 Å². The average Bonchev–Trinajstić information content (AvgIpc) is 3.39. The van der Waals surface area contributed by atoms with Gasteiger partial charge in [-0.25, -0.2) is 8.42 Å². The van der Waals surface area contributed by atoms with Gasteiger partial charge in [0, 0.05) is 45.0 Å². The monoisotopic (exact) mass is 511 g/mol. The second kappa shape index (κ2) is 10.1. The molecular formula is C24H28F3N3O4S. The summed E-state index contributed by atoms with van der Waals surface area (Å²) in [6.45, 7) is 4.13.